The number of likely N-dealkylation sites (tertiary alicyclic amines) is 1. The Morgan fingerprint density at radius 1 is 1.28 bits per heavy atom. The Balaban J connectivity index is 0.00000420. The molecule has 0 radical (unpaired) electrons. The number of ether oxygens (including phenoxy) is 2. The van der Waals surface area contributed by atoms with E-state index >= 15 is 0 Å². The molecule has 0 aliphatic carbocycles. The van der Waals surface area contributed by atoms with Crippen LogP contribution in [-0.4, -0.2) is 56.8 Å². The number of halogens is 1. The van der Waals surface area contributed by atoms with Gasteiger partial charge in [-0.3, -0.25) is 0 Å². The van der Waals surface area contributed by atoms with Crippen LogP contribution >= 0.6 is 24.0 Å². The summed E-state index contributed by atoms with van der Waals surface area (Å²) >= 11 is 0. The smallest absolute Gasteiger partial charge is 0.191 e. The number of benzene rings is 1. The number of terminal acetylenes is 1. The normalized spacial score (nSPS) is 15.2. The highest BCUT2D eigenvalue weighted by Gasteiger charge is 2.19. The van der Waals surface area contributed by atoms with E-state index in [4.69, 9.17) is 20.9 Å². The van der Waals surface area contributed by atoms with Gasteiger partial charge < -0.3 is 25.0 Å². The second-order valence-electron chi connectivity index (χ2n) is 6.93. The van der Waals surface area contributed by atoms with Gasteiger partial charge in [-0.25, -0.2) is 4.99 Å². The van der Waals surface area contributed by atoms with Gasteiger partial charge in [0, 0.05) is 25.7 Å². The molecule has 0 spiro atoms. The van der Waals surface area contributed by atoms with E-state index in [9.17, 15) is 0 Å². The van der Waals surface area contributed by atoms with Crippen molar-refractivity contribution in [3.05, 3.63) is 23.8 Å². The van der Waals surface area contributed by atoms with Gasteiger partial charge in [0.25, 0.3) is 0 Å². The molecule has 0 unspecified atom stereocenters. The molecule has 0 bridgehead atoms. The summed E-state index contributed by atoms with van der Waals surface area (Å²) in [5.41, 5.74) is 1.04. The minimum atomic E-state index is 0. The monoisotopic (exact) mass is 514 g/mol. The Kier molecular flexibility index (Phi) is 12.6. The third-order valence-electron chi connectivity index (χ3n) is 4.77. The number of rotatable bonds is 9. The zero-order valence-corrected chi connectivity index (χ0v) is 20.2. The van der Waals surface area contributed by atoms with Crippen LogP contribution in [0, 0.1) is 12.3 Å². The average molecular weight is 514 g/mol. The third kappa shape index (κ3) is 8.70. The molecule has 0 aromatic heterocycles. The molecule has 1 aliphatic heterocycles. The maximum Gasteiger partial charge on any atom is 0.191 e. The number of hydrogen-bond acceptors (Lipinski definition) is 4. The minimum Gasteiger partial charge on any atom is -0.493 e. The van der Waals surface area contributed by atoms with Gasteiger partial charge in [-0.1, -0.05) is 18.9 Å². The average Bonchev–Trinajstić information content (AvgIpc) is 2.72. The van der Waals surface area contributed by atoms with Gasteiger partial charge in [-0.05, 0) is 50.4 Å². The molecule has 0 amide bonds. The fourth-order valence-corrected chi connectivity index (χ4v) is 3.35. The molecule has 0 saturated carbocycles. The zero-order valence-electron chi connectivity index (χ0n) is 17.9. The SMILES string of the molecule is C#CCOc1cc(CN=C(NCC)NC2CCN(CCC)CC2)ccc1OC.I. The van der Waals surface area contributed by atoms with Gasteiger partial charge in [0.1, 0.15) is 6.61 Å². The lowest BCUT2D eigenvalue weighted by Gasteiger charge is -2.32. The number of guanidine groups is 1. The quantitative estimate of drug-likeness (QED) is 0.229. The van der Waals surface area contributed by atoms with Crippen LogP contribution in [0.3, 0.4) is 0 Å². The number of nitrogens with one attached hydrogen (secondary N) is 2. The van der Waals surface area contributed by atoms with Crippen LogP contribution in [0.4, 0.5) is 0 Å². The van der Waals surface area contributed by atoms with E-state index in [0.29, 0.717) is 24.1 Å². The highest BCUT2D eigenvalue weighted by molar-refractivity contribution is 14.0. The molecule has 1 saturated heterocycles. The predicted molar refractivity (Wildman–Crippen MR) is 130 cm³/mol. The van der Waals surface area contributed by atoms with Crippen molar-refractivity contribution in [1.29, 1.82) is 0 Å². The van der Waals surface area contributed by atoms with E-state index in [1.807, 2.05) is 18.2 Å². The highest BCUT2D eigenvalue weighted by atomic mass is 127. The van der Waals surface area contributed by atoms with Crippen molar-refractivity contribution in [2.24, 2.45) is 4.99 Å². The van der Waals surface area contributed by atoms with Crippen LogP contribution in [-0.2, 0) is 6.54 Å². The Hall–Kier alpha value is -1.66. The number of piperidine rings is 1. The Bertz CT molecular complexity index is 667. The van der Waals surface area contributed by atoms with Crippen LogP contribution in [0.5, 0.6) is 11.5 Å². The fraction of sp³-hybridized carbons (Fsp3) is 0.591. The maximum absolute atomic E-state index is 5.58. The van der Waals surface area contributed by atoms with Crippen LogP contribution in [0.25, 0.3) is 0 Å². The molecule has 1 aliphatic rings. The number of hydrogen-bond donors (Lipinski definition) is 2. The second kappa shape index (κ2) is 14.3. The van der Waals surface area contributed by atoms with E-state index in [-0.39, 0.29) is 30.6 Å². The highest BCUT2D eigenvalue weighted by Crippen LogP contribution is 2.28. The molecule has 162 valence electrons. The lowest BCUT2D eigenvalue weighted by molar-refractivity contribution is 0.206. The third-order valence-corrected chi connectivity index (χ3v) is 4.77. The summed E-state index contributed by atoms with van der Waals surface area (Å²) in [5, 5.41) is 6.94. The first kappa shape index (κ1) is 25.4. The Morgan fingerprint density at radius 3 is 2.66 bits per heavy atom. The van der Waals surface area contributed by atoms with Crippen LogP contribution in [0.2, 0.25) is 0 Å². The molecule has 1 aromatic carbocycles. The van der Waals surface area contributed by atoms with E-state index in [0.717, 1.165) is 44.0 Å². The largest absolute Gasteiger partial charge is 0.493 e. The second-order valence-corrected chi connectivity index (χ2v) is 6.93. The van der Waals surface area contributed by atoms with Crippen molar-refractivity contribution in [3.63, 3.8) is 0 Å². The summed E-state index contributed by atoms with van der Waals surface area (Å²) < 4.78 is 10.9. The summed E-state index contributed by atoms with van der Waals surface area (Å²) in [7, 11) is 1.62. The minimum absolute atomic E-state index is 0. The molecule has 6 nitrogen and oxygen atoms in total. The lowest BCUT2D eigenvalue weighted by Crippen LogP contribution is -2.48. The molecule has 29 heavy (non-hydrogen) atoms. The number of nitrogens with zero attached hydrogens (tertiary/aromatic N) is 2. The van der Waals surface area contributed by atoms with Crippen molar-refractivity contribution in [1.82, 2.24) is 15.5 Å². The fourth-order valence-electron chi connectivity index (χ4n) is 3.35. The Morgan fingerprint density at radius 2 is 2.03 bits per heavy atom. The number of methoxy groups -OCH3 is 1. The molecule has 2 N–H and O–H groups in total. The first-order valence-corrected chi connectivity index (χ1v) is 10.2. The molecule has 7 heteroatoms. The van der Waals surface area contributed by atoms with Crippen LogP contribution < -0.4 is 20.1 Å². The Labute approximate surface area is 192 Å². The van der Waals surface area contributed by atoms with Crippen molar-refractivity contribution in [2.45, 2.75) is 45.7 Å². The van der Waals surface area contributed by atoms with Crippen LogP contribution in [0.1, 0.15) is 38.7 Å². The molecular formula is C22H35IN4O2. The van der Waals surface area contributed by atoms with Gasteiger partial charge >= 0.3 is 0 Å². The van der Waals surface area contributed by atoms with E-state index < -0.39 is 0 Å². The predicted octanol–water partition coefficient (Wildman–Crippen LogP) is 3.25. The van der Waals surface area contributed by atoms with Gasteiger partial charge in [-0.15, -0.1) is 30.4 Å². The lowest BCUT2D eigenvalue weighted by atomic mass is 10.1. The first-order chi connectivity index (χ1) is 13.7. The molecule has 2 rings (SSSR count). The molecule has 1 aromatic rings. The molecular weight excluding hydrogens is 479 g/mol. The van der Waals surface area contributed by atoms with Gasteiger partial charge in [0.15, 0.2) is 17.5 Å². The van der Waals surface area contributed by atoms with Crippen molar-refractivity contribution in [3.8, 4) is 23.8 Å². The van der Waals surface area contributed by atoms with Crippen molar-refractivity contribution < 1.29 is 9.47 Å². The van der Waals surface area contributed by atoms with E-state index in [1.165, 1.54) is 13.0 Å². The summed E-state index contributed by atoms with van der Waals surface area (Å²) in [4.78, 5) is 7.29. The van der Waals surface area contributed by atoms with Crippen molar-refractivity contribution >= 4 is 29.9 Å². The first-order valence-electron chi connectivity index (χ1n) is 10.2. The van der Waals surface area contributed by atoms with Gasteiger partial charge in [-0.2, -0.15) is 0 Å². The molecule has 1 heterocycles. The molecule has 1 fully saturated rings. The summed E-state index contributed by atoms with van der Waals surface area (Å²) in [6.07, 6.45) is 8.81. The van der Waals surface area contributed by atoms with Gasteiger partial charge in [0.2, 0.25) is 0 Å². The topological polar surface area (TPSA) is 58.1 Å². The summed E-state index contributed by atoms with van der Waals surface area (Å²) in [6.45, 7) is 9.42. The standard InChI is InChI=1S/C22H34N4O2.HI/c1-5-12-26-13-10-19(11-14-26)25-22(23-7-3)24-17-18-8-9-20(27-4)21(16-18)28-15-6-2;/h2,8-9,16,19H,5,7,10-15,17H2,1,3-4H3,(H2,23,24,25);1H. The zero-order chi connectivity index (χ0) is 20.2. The van der Waals surface area contributed by atoms with Crippen LogP contribution in [0.15, 0.2) is 23.2 Å². The van der Waals surface area contributed by atoms with E-state index in [1.54, 1.807) is 7.11 Å². The van der Waals surface area contributed by atoms with Gasteiger partial charge in [0.05, 0.1) is 13.7 Å². The van der Waals surface area contributed by atoms with Crippen molar-refractivity contribution in [2.75, 3.05) is 39.9 Å². The summed E-state index contributed by atoms with van der Waals surface area (Å²) in [6, 6.07) is 6.29. The summed E-state index contributed by atoms with van der Waals surface area (Å²) in [5.74, 6) is 4.66. The maximum atomic E-state index is 5.58. The van der Waals surface area contributed by atoms with E-state index in [2.05, 4.69) is 35.3 Å². The number of aliphatic imine (C=N–C) groups is 1. The molecule has 0 atom stereocenters.